The van der Waals surface area contributed by atoms with Gasteiger partial charge in [0.05, 0.1) is 28.3 Å². The highest BCUT2D eigenvalue weighted by Gasteiger charge is 2.06. The number of carbonyl (C=O) groups is 1. The molecule has 0 saturated carbocycles. The predicted molar refractivity (Wildman–Crippen MR) is 59.7 cm³/mol. The van der Waals surface area contributed by atoms with Gasteiger partial charge >= 0.3 is 5.97 Å². The van der Waals surface area contributed by atoms with Crippen LogP contribution in [0.25, 0.3) is 16.6 Å². The van der Waals surface area contributed by atoms with Crippen molar-refractivity contribution < 1.29 is 9.90 Å². The van der Waals surface area contributed by atoms with Crippen LogP contribution in [0.1, 0.15) is 10.4 Å². The highest BCUT2D eigenvalue weighted by atomic mass is 16.4. The summed E-state index contributed by atoms with van der Waals surface area (Å²) in [5, 5.41) is 8.94. The van der Waals surface area contributed by atoms with E-state index in [1.165, 1.54) is 0 Å². The van der Waals surface area contributed by atoms with Crippen LogP contribution in [0.2, 0.25) is 0 Å². The van der Waals surface area contributed by atoms with Crippen LogP contribution in [0, 0.1) is 0 Å². The van der Waals surface area contributed by atoms with E-state index in [-0.39, 0.29) is 5.56 Å². The molecule has 4 nitrogen and oxygen atoms in total. The number of hydrogen-bond acceptors (Lipinski definition) is 2. The highest BCUT2D eigenvalue weighted by Crippen LogP contribution is 2.16. The number of carboxylic acid groups (broad SMARTS) is 1. The van der Waals surface area contributed by atoms with Crippen LogP contribution < -0.4 is 0 Å². The molecule has 0 fully saturated rings. The Bertz CT molecular complexity index is 700. The number of fused-ring (bicyclic) bond motifs is 3. The zero-order valence-corrected chi connectivity index (χ0v) is 8.29. The molecule has 0 aliphatic carbocycles. The Kier molecular flexibility index (Phi) is 1.71. The number of aromatic carboxylic acids is 1. The molecule has 0 saturated heterocycles. The third-order valence-electron chi connectivity index (χ3n) is 2.60. The van der Waals surface area contributed by atoms with E-state index in [1.807, 2.05) is 22.7 Å². The summed E-state index contributed by atoms with van der Waals surface area (Å²) < 4.78 is 1.93. The standard InChI is InChI=1S/C12H8N2O2/c15-12(16)8-3-4-10-11(6-8)14-5-1-2-9(14)7-13-10/h1-7H,(H,15,16). The summed E-state index contributed by atoms with van der Waals surface area (Å²) in [5.41, 5.74) is 2.82. The molecule has 0 unspecified atom stereocenters. The molecule has 2 aromatic heterocycles. The molecule has 0 spiro atoms. The van der Waals surface area contributed by atoms with Crippen molar-refractivity contribution in [1.29, 1.82) is 0 Å². The maximum absolute atomic E-state index is 10.9. The molecule has 0 aliphatic rings. The lowest BCUT2D eigenvalue weighted by atomic mass is 10.2. The van der Waals surface area contributed by atoms with E-state index < -0.39 is 5.97 Å². The van der Waals surface area contributed by atoms with Gasteiger partial charge in [-0.15, -0.1) is 0 Å². The Morgan fingerprint density at radius 1 is 1.31 bits per heavy atom. The van der Waals surface area contributed by atoms with Crippen LogP contribution in [0.3, 0.4) is 0 Å². The second-order valence-electron chi connectivity index (χ2n) is 3.57. The molecule has 4 heteroatoms. The second-order valence-corrected chi connectivity index (χ2v) is 3.57. The SMILES string of the molecule is O=C(O)c1ccc2ncc3cccn3c2c1. The number of rotatable bonds is 1. The Balaban J connectivity index is 2.46. The van der Waals surface area contributed by atoms with Gasteiger partial charge < -0.3 is 9.51 Å². The van der Waals surface area contributed by atoms with Gasteiger partial charge in [0.1, 0.15) is 0 Å². The van der Waals surface area contributed by atoms with Gasteiger partial charge in [-0.1, -0.05) is 0 Å². The van der Waals surface area contributed by atoms with Crippen LogP contribution in [-0.2, 0) is 0 Å². The van der Waals surface area contributed by atoms with Crippen molar-refractivity contribution in [2.24, 2.45) is 0 Å². The third kappa shape index (κ3) is 1.16. The molecule has 3 aromatic rings. The quantitative estimate of drug-likeness (QED) is 0.672. The monoisotopic (exact) mass is 212 g/mol. The highest BCUT2D eigenvalue weighted by molar-refractivity contribution is 5.92. The van der Waals surface area contributed by atoms with Crippen LogP contribution in [0.5, 0.6) is 0 Å². The van der Waals surface area contributed by atoms with E-state index in [2.05, 4.69) is 4.98 Å². The molecule has 2 heterocycles. The maximum Gasteiger partial charge on any atom is 0.335 e. The fraction of sp³-hybridized carbons (Fsp3) is 0. The summed E-state index contributed by atoms with van der Waals surface area (Å²) in [6.45, 7) is 0. The molecule has 0 atom stereocenters. The van der Waals surface area contributed by atoms with Gasteiger partial charge in [0.25, 0.3) is 0 Å². The molecular weight excluding hydrogens is 204 g/mol. The Morgan fingerprint density at radius 2 is 2.19 bits per heavy atom. The van der Waals surface area contributed by atoms with Gasteiger partial charge in [-0.3, -0.25) is 4.98 Å². The van der Waals surface area contributed by atoms with Crippen molar-refractivity contribution in [2.45, 2.75) is 0 Å². The molecule has 3 rings (SSSR count). The number of benzene rings is 1. The predicted octanol–water partition coefficient (Wildman–Crippen LogP) is 2.19. The van der Waals surface area contributed by atoms with E-state index in [0.29, 0.717) is 0 Å². The van der Waals surface area contributed by atoms with Crippen molar-refractivity contribution in [1.82, 2.24) is 9.38 Å². The first-order valence-corrected chi connectivity index (χ1v) is 4.85. The summed E-state index contributed by atoms with van der Waals surface area (Å²) >= 11 is 0. The van der Waals surface area contributed by atoms with Crippen LogP contribution >= 0.6 is 0 Å². The molecule has 0 aliphatic heterocycles. The third-order valence-corrected chi connectivity index (χ3v) is 2.60. The minimum absolute atomic E-state index is 0.274. The molecular formula is C12H8N2O2. The molecule has 0 radical (unpaired) electrons. The average molecular weight is 212 g/mol. The van der Waals surface area contributed by atoms with Gasteiger partial charge in [-0.05, 0) is 30.3 Å². The van der Waals surface area contributed by atoms with Gasteiger partial charge in [-0.2, -0.15) is 0 Å². The van der Waals surface area contributed by atoms with Gasteiger partial charge in [0.15, 0.2) is 0 Å². The first-order chi connectivity index (χ1) is 7.75. The van der Waals surface area contributed by atoms with Crippen molar-refractivity contribution >= 4 is 22.5 Å². The smallest absolute Gasteiger partial charge is 0.335 e. The molecule has 0 amide bonds. The van der Waals surface area contributed by atoms with Crippen LogP contribution in [0.4, 0.5) is 0 Å². The summed E-state index contributed by atoms with van der Waals surface area (Å²) in [4.78, 5) is 15.2. The van der Waals surface area contributed by atoms with E-state index in [1.54, 1.807) is 24.4 Å². The lowest BCUT2D eigenvalue weighted by molar-refractivity contribution is 0.0697. The largest absolute Gasteiger partial charge is 0.478 e. The first kappa shape index (κ1) is 8.91. The van der Waals surface area contributed by atoms with E-state index >= 15 is 0 Å². The van der Waals surface area contributed by atoms with Gasteiger partial charge in [-0.25, -0.2) is 4.79 Å². The lowest BCUT2D eigenvalue weighted by Crippen LogP contribution is -1.97. The fourth-order valence-electron chi connectivity index (χ4n) is 1.81. The number of aromatic nitrogens is 2. The Labute approximate surface area is 90.8 Å². The molecule has 78 valence electrons. The summed E-state index contributed by atoms with van der Waals surface area (Å²) in [7, 11) is 0. The Hall–Kier alpha value is -2.36. The zero-order valence-electron chi connectivity index (χ0n) is 8.29. The number of nitrogens with zero attached hydrogens (tertiary/aromatic N) is 2. The molecule has 1 aromatic carbocycles. The Morgan fingerprint density at radius 3 is 3.00 bits per heavy atom. The van der Waals surface area contributed by atoms with Crippen molar-refractivity contribution in [3.8, 4) is 0 Å². The minimum atomic E-state index is -0.925. The van der Waals surface area contributed by atoms with E-state index in [4.69, 9.17) is 5.11 Å². The lowest BCUT2D eigenvalue weighted by Gasteiger charge is -2.03. The van der Waals surface area contributed by atoms with Crippen LogP contribution in [-0.4, -0.2) is 20.5 Å². The van der Waals surface area contributed by atoms with Gasteiger partial charge in [0, 0.05) is 6.20 Å². The maximum atomic E-state index is 10.9. The minimum Gasteiger partial charge on any atom is -0.478 e. The van der Waals surface area contributed by atoms with E-state index in [0.717, 1.165) is 16.6 Å². The topological polar surface area (TPSA) is 54.6 Å². The number of hydrogen-bond donors (Lipinski definition) is 1. The van der Waals surface area contributed by atoms with Crippen molar-refractivity contribution in [2.75, 3.05) is 0 Å². The number of carboxylic acids is 1. The molecule has 1 N–H and O–H groups in total. The second kappa shape index (κ2) is 3.06. The summed E-state index contributed by atoms with van der Waals surface area (Å²) in [6.07, 6.45) is 3.66. The molecule has 0 bridgehead atoms. The van der Waals surface area contributed by atoms with Crippen LogP contribution in [0.15, 0.2) is 42.7 Å². The van der Waals surface area contributed by atoms with Gasteiger partial charge in [0.2, 0.25) is 0 Å². The summed E-state index contributed by atoms with van der Waals surface area (Å²) in [5.74, 6) is -0.925. The zero-order chi connectivity index (χ0) is 11.1. The van der Waals surface area contributed by atoms with E-state index in [9.17, 15) is 4.79 Å². The summed E-state index contributed by atoms with van der Waals surface area (Å²) in [6, 6.07) is 8.76. The first-order valence-electron chi connectivity index (χ1n) is 4.85. The molecule has 16 heavy (non-hydrogen) atoms. The van der Waals surface area contributed by atoms with Crippen molar-refractivity contribution in [3.63, 3.8) is 0 Å². The average Bonchev–Trinajstić information content (AvgIpc) is 2.76. The fourth-order valence-corrected chi connectivity index (χ4v) is 1.81. The van der Waals surface area contributed by atoms with Crippen molar-refractivity contribution in [3.05, 3.63) is 48.3 Å². The normalized spacial score (nSPS) is 11.0.